The number of Topliss-reactive ketones (excluding diaryl/α,β-unsaturated/α-hetero) is 1. The zero-order valence-corrected chi connectivity index (χ0v) is 11.6. The van der Waals surface area contributed by atoms with Gasteiger partial charge in [0, 0.05) is 5.92 Å². The van der Waals surface area contributed by atoms with Crippen LogP contribution >= 0.6 is 0 Å². The fourth-order valence-corrected chi connectivity index (χ4v) is 2.57. The molecule has 0 bridgehead atoms. The third kappa shape index (κ3) is 2.94. The summed E-state index contributed by atoms with van der Waals surface area (Å²) in [6.07, 6.45) is -2.91. The van der Waals surface area contributed by atoms with Crippen molar-refractivity contribution in [2.24, 2.45) is 0 Å². The molecule has 1 aliphatic carbocycles. The minimum Gasteiger partial charge on any atom is -0.360 e. The lowest BCUT2D eigenvalue weighted by atomic mass is 9.85. The summed E-state index contributed by atoms with van der Waals surface area (Å²) >= 11 is 0. The fourth-order valence-electron chi connectivity index (χ4n) is 2.57. The van der Waals surface area contributed by atoms with Crippen molar-refractivity contribution in [3.8, 4) is 0 Å². The zero-order valence-electron chi connectivity index (χ0n) is 11.6. The highest BCUT2D eigenvalue weighted by molar-refractivity contribution is 6.02. The molecule has 0 aliphatic heterocycles. The van der Waals surface area contributed by atoms with Gasteiger partial charge in [0.05, 0.1) is 11.8 Å². The van der Waals surface area contributed by atoms with Crippen LogP contribution in [0.5, 0.6) is 0 Å². The minimum atomic E-state index is -6.56. The summed E-state index contributed by atoms with van der Waals surface area (Å²) in [5.41, 5.74) is -1.02. The lowest BCUT2D eigenvalue weighted by molar-refractivity contribution is -0.339. The van der Waals surface area contributed by atoms with Crippen molar-refractivity contribution >= 4 is 5.78 Å². The molecule has 0 amide bonds. The Kier molecular flexibility index (Phi) is 4.46. The van der Waals surface area contributed by atoms with Crippen LogP contribution in [-0.4, -0.2) is 29.0 Å². The summed E-state index contributed by atoms with van der Waals surface area (Å²) in [5, 5.41) is 3.12. The van der Waals surface area contributed by atoms with E-state index in [1.807, 2.05) is 0 Å². The maximum atomic E-state index is 13.5. The molecule has 3 nitrogen and oxygen atoms in total. The van der Waals surface area contributed by atoms with Gasteiger partial charge in [0.25, 0.3) is 0 Å². The molecule has 1 aromatic heterocycles. The van der Waals surface area contributed by atoms with Crippen molar-refractivity contribution in [1.82, 2.24) is 5.16 Å². The van der Waals surface area contributed by atoms with Crippen molar-refractivity contribution < 1.29 is 40.1 Å². The van der Waals surface area contributed by atoms with Gasteiger partial charge < -0.3 is 4.52 Å². The van der Waals surface area contributed by atoms with Crippen LogP contribution in [0.1, 0.15) is 54.1 Å². The molecule has 0 unspecified atom stereocenters. The number of aromatic nitrogens is 1. The first-order valence-electron chi connectivity index (χ1n) is 6.82. The maximum absolute atomic E-state index is 13.5. The van der Waals surface area contributed by atoms with Crippen molar-refractivity contribution in [2.45, 2.75) is 56.0 Å². The molecule has 1 fully saturated rings. The highest BCUT2D eigenvalue weighted by atomic mass is 19.4. The molecule has 0 N–H and O–H groups in total. The number of carbonyl (C=O) groups is 1. The smallest absolute Gasteiger partial charge is 0.360 e. The van der Waals surface area contributed by atoms with Gasteiger partial charge in [-0.1, -0.05) is 24.4 Å². The van der Waals surface area contributed by atoms with Gasteiger partial charge in [-0.05, 0) is 12.8 Å². The first kappa shape index (κ1) is 17.7. The van der Waals surface area contributed by atoms with E-state index in [4.69, 9.17) is 0 Å². The van der Waals surface area contributed by atoms with E-state index in [1.54, 1.807) is 0 Å². The summed E-state index contributed by atoms with van der Waals surface area (Å²) in [6.45, 7) is 0. The number of carbonyl (C=O) groups excluding carboxylic acids is 1. The minimum absolute atomic E-state index is 0.354. The Morgan fingerprint density at radius 1 is 1.04 bits per heavy atom. The Bertz CT molecular complexity index is 573. The van der Waals surface area contributed by atoms with Gasteiger partial charge >= 0.3 is 18.0 Å². The SMILES string of the molecule is O=C(c1cnoc1C1CCCCC1)C(F)(F)C(F)(F)C(F)(F)F. The van der Waals surface area contributed by atoms with Gasteiger partial charge in [0.1, 0.15) is 0 Å². The van der Waals surface area contributed by atoms with Crippen LogP contribution in [-0.2, 0) is 0 Å². The number of rotatable bonds is 4. The Hall–Kier alpha value is -1.61. The second-order valence-corrected chi connectivity index (χ2v) is 5.41. The number of nitrogens with zero attached hydrogens (tertiary/aromatic N) is 1. The highest BCUT2D eigenvalue weighted by Crippen LogP contribution is 2.48. The van der Waals surface area contributed by atoms with Crippen LogP contribution in [0.2, 0.25) is 0 Å². The summed E-state index contributed by atoms with van der Waals surface area (Å²) in [4.78, 5) is 11.7. The van der Waals surface area contributed by atoms with Crippen LogP contribution < -0.4 is 0 Å². The molecule has 0 radical (unpaired) electrons. The molecule has 130 valence electrons. The van der Waals surface area contributed by atoms with Crippen molar-refractivity contribution in [3.63, 3.8) is 0 Å². The van der Waals surface area contributed by atoms with Crippen LogP contribution in [0, 0.1) is 0 Å². The topological polar surface area (TPSA) is 43.1 Å². The van der Waals surface area contributed by atoms with Crippen molar-refractivity contribution in [3.05, 3.63) is 17.5 Å². The Morgan fingerprint density at radius 3 is 2.13 bits per heavy atom. The summed E-state index contributed by atoms with van der Waals surface area (Å²) in [7, 11) is 0. The third-order valence-corrected chi connectivity index (χ3v) is 3.85. The van der Waals surface area contributed by atoms with Crippen LogP contribution in [0.3, 0.4) is 0 Å². The predicted octanol–water partition coefficient (Wildman–Crippen LogP) is 4.74. The third-order valence-electron chi connectivity index (χ3n) is 3.85. The summed E-state index contributed by atoms with van der Waals surface area (Å²) < 4.78 is 94.2. The molecular formula is C13H12F7NO2. The van der Waals surface area contributed by atoms with Gasteiger partial charge in [-0.15, -0.1) is 0 Å². The van der Waals surface area contributed by atoms with Crippen molar-refractivity contribution in [1.29, 1.82) is 0 Å². The average molecular weight is 347 g/mol. The average Bonchev–Trinajstić information content (AvgIpc) is 2.95. The second-order valence-electron chi connectivity index (χ2n) is 5.41. The van der Waals surface area contributed by atoms with Gasteiger partial charge in [-0.3, -0.25) is 4.79 Å². The number of hydrogen-bond donors (Lipinski definition) is 0. The number of ketones is 1. The molecule has 0 atom stereocenters. The Balaban J connectivity index is 2.35. The lowest BCUT2D eigenvalue weighted by Crippen LogP contribution is -2.56. The molecular weight excluding hydrogens is 335 g/mol. The molecule has 10 heteroatoms. The van der Waals surface area contributed by atoms with Crippen molar-refractivity contribution in [2.75, 3.05) is 0 Å². The normalized spacial score (nSPS) is 18.2. The predicted molar refractivity (Wildman–Crippen MR) is 62.6 cm³/mol. The number of hydrogen-bond acceptors (Lipinski definition) is 3. The maximum Gasteiger partial charge on any atom is 0.460 e. The lowest BCUT2D eigenvalue weighted by Gasteiger charge is -2.27. The van der Waals surface area contributed by atoms with E-state index in [9.17, 15) is 35.5 Å². The Labute approximate surface area is 125 Å². The van der Waals surface area contributed by atoms with Gasteiger partial charge in [0.15, 0.2) is 5.76 Å². The van der Waals surface area contributed by atoms with E-state index in [2.05, 4.69) is 9.68 Å². The van der Waals surface area contributed by atoms with E-state index in [1.165, 1.54) is 0 Å². The standard InChI is InChI=1S/C13H12F7NO2/c14-11(15,12(16,17)13(18,19)20)10(22)8-6-21-23-9(8)7-4-2-1-3-5-7/h6-7H,1-5H2. The van der Waals surface area contributed by atoms with Crippen LogP contribution in [0.4, 0.5) is 30.7 Å². The number of halogens is 7. The highest BCUT2D eigenvalue weighted by Gasteiger charge is 2.76. The monoisotopic (exact) mass is 347 g/mol. The van der Waals surface area contributed by atoms with Gasteiger partial charge in [-0.2, -0.15) is 30.7 Å². The molecule has 1 aromatic rings. The van der Waals surface area contributed by atoms with Crippen LogP contribution in [0.25, 0.3) is 0 Å². The molecule has 0 aromatic carbocycles. The summed E-state index contributed by atoms with van der Waals surface area (Å²) in [6, 6.07) is 0. The molecule has 1 heterocycles. The fraction of sp³-hybridized carbons (Fsp3) is 0.692. The van der Waals surface area contributed by atoms with E-state index in [0.29, 0.717) is 31.9 Å². The summed E-state index contributed by atoms with van der Waals surface area (Å²) in [5.74, 6) is -15.9. The second kappa shape index (κ2) is 5.79. The van der Waals surface area contributed by atoms with Crippen LogP contribution in [0.15, 0.2) is 10.7 Å². The first-order chi connectivity index (χ1) is 10.5. The molecule has 23 heavy (non-hydrogen) atoms. The first-order valence-corrected chi connectivity index (χ1v) is 6.82. The molecule has 1 saturated carbocycles. The largest absolute Gasteiger partial charge is 0.460 e. The zero-order chi connectivity index (χ0) is 17.5. The van der Waals surface area contributed by atoms with E-state index < -0.39 is 35.3 Å². The van der Waals surface area contributed by atoms with E-state index in [0.717, 1.165) is 6.42 Å². The molecule has 2 rings (SSSR count). The molecule has 0 saturated heterocycles. The van der Waals surface area contributed by atoms with Gasteiger partial charge in [-0.25, -0.2) is 0 Å². The Morgan fingerprint density at radius 2 is 1.61 bits per heavy atom. The van der Waals surface area contributed by atoms with E-state index in [-0.39, 0.29) is 5.76 Å². The van der Waals surface area contributed by atoms with Gasteiger partial charge in [0.2, 0.25) is 5.78 Å². The molecule has 0 spiro atoms. The molecule has 1 aliphatic rings. The number of alkyl halides is 7. The quantitative estimate of drug-likeness (QED) is 0.584. The van der Waals surface area contributed by atoms with E-state index >= 15 is 0 Å².